The van der Waals surface area contributed by atoms with E-state index in [9.17, 15) is 14.7 Å². The SMILES string of the molecule is O=C(O)c1ccccc1NC(=O)c1ccccc1NCCCc1ccccc1. The van der Waals surface area contributed by atoms with Gasteiger partial charge in [0.1, 0.15) is 0 Å². The lowest BCUT2D eigenvalue weighted by Gasteiger charge is -2.13. The number of carbonyl (C=O) groups is 2. The number of amides is 1. The van der Waals surface area contributed by atoms with Gasteiger partial charge in [0.05, 0.1) is 16.8 Å². The van der Waals surface area contributed by atoms with Crippen molar-refractivity contribution in [3.05, 3.63) is 95.6 Å². The predicted molar refractivity (Wildman–Crippen MR) is 111 cm³/mol. The Kier molecular flexibility index (Phi) is 6.41. The van der Waals surface area contributed by atoms with Crippen LogP contribution in [0.4, 0.5) is 11.4 Å². The van der Waals surface area contributed by atoms with Crippen molar-refractivity contribution in [2.24, 2.45) is 0 Å². The Morgan fingerprint density at radius 2 is 1.36 bits per heavy atom. The first-order valence-electron chi connectivity index (χ1n) is 9.15. The van der Waals surface area contributed by atoms with Crippen LogP contribution in [0.3, 0.4) is 0 Å². The lowest BCUT2D eigenvalue weighted by Crippen LogP contribution is -2.17. The molecule has 1 amide bonds. The van der Waals surface area contributed by atoms with Gasteiger partial charge in [-0.05, 0) is 42.7 Å². The molecule has 28 heavy (non-hydrogen) atoms. The molecular formula is C23H22N2O3. The number of para-hydroxylation sites is 2. The van der Waals surface area contributed by atoms with Crippen LogP contribution in [0.25, 0.3) is 0 Å². The smallest absolute Gasteiger partial charge is 0.337 e. The molecule has 0 bridgehead atoms. The second-order valence-electron chi connectivity index (χ2n) is 6.37. The highest BCUT2D eigenvalue weighted by Crippen LogP contribution is 2.20. The summed E-state index contributed by atoms with van der Waals surface area (Å²) in [4.78, 5) is 24.1. The van der Waals surface area contributed by atoms with E-state index in [4.69, 9.17) is 0 Å². The summed E-state index contributed by atoms with van der Waals surface area (Å²) in [6, 6.07) is 23.8. The summed E-state index contributed by atoms with van der Waals surface area (Å²) in [5.74, 6) is -1.43. The van der Waals surface area contributed by atoms with Crippen LogP contribution < -0.4 is 10.6 Å². The summed E-state index contributed by atoms with van der Waals surface area (Å²) in [5, 5.41) is 15.3. The van der Waals surface area contributed by atoms with Crippen LogP contribution in [0.1, 0.15) is 32.7 Å². The van der Waals surface area contributed by atoms with E-state index in [1.807, 2.05) is 30.3 Å². The number of aryl methyl sites for hydroxylation is 1. The molecule has 0 heterocycles. The average Bonchev–Trinajstić information content (AvgIpc) is 2.72. The van der Waals surface area contributed by atoms with Crippen LogP contribution in [0.2, 0.25) is 0 Å². The zero-order chi connectivity index (χ0) is 19.8. The quantitative estimate of drug-likeness (QED) is 0.500. The van der Waals surface area contributed by atoms with Gasteiger partial charge in [0.15, 0.2) is 0 Å². The number of carbonyl (C=O) groups excluding carboxylic acids is 1. The largest absolute Gasteiger partial charge is 0.478 e. The Bertz CT molecular complexity index is 955. The normalized spacial score (nSPS) is 10.3. The summed E-state index contributed by atoms with van der Waals surface area (Å²) in [7, 11) is 0. The predicted octanol–water partition coefficient (Wildman–Crippen LogP) is 4.68. The Morgan fingerprint density at radius 1 is 0.750 bits per heavy atom. The molecule has 0 aromatic heterocycles. The molecule has 5 heteroatoms. The first-order chi connectivity index (χ1) is 13.6. The molecule has 3 aromatic carbocycles. The molecule has 0 radical (unpaired) electrons. The highest BCUT2D eigenvalue weighted by molar-refractivity contribution is 6.10. The van der Waals surface area contributed by atoms with E-state index in [2.05, 4.69) is 22.8 Å². The average molecular weight is 374 g/mol. The third kappa shape index (κ3) is 4.98. The highest BCUT2D eigenvalue weighted by Gasteiger charge is 2.15. The fourth-order valence-corrected chi connectivity index (χ4v) is 2.96. The number of carboxylic acid groups (broad SMARTS) is 1. The Labute approximate surface area is 164 Å². The molecule has 0 spiro atoms. The number of hydrogen-bond acceptors (Lipinski definition) is 3. The first kappa shape index (κ1) is 19.2. The van der Waals surface area contributed by atoms with E-state index in [0.29, 0.717) is 5.56 Å². The molecule has 0 aliphatic heterocycles. The molecule has 3 rings (SSSR count). The maximum atomic E-state index is 12.7. The monoisotopic (exact) mass is 374 g/mol. The lowest BCUT2D eigenvalue weighted by atomic mass is 10.1. The van der Waals surface area contributed by atoms with Crippen molar-refractivity contribution >= 4 is 23.3 Å². The van der Waals surface area contributed by atoms with E-state index in [0.717, 1.165) is 25.1 Å². The molecule has 3 N–H and O–H groups in total. The van der Waals surface area contributed by atoms with Gasteiger partial charge < -0.3 is 15.7 Å². The van der Waals surface area contributed by atoms with Gasteiger partial charge in [-0.15, -0.1) is 0 Å². The molecule has 0 saturated heterocycles. The molecule has 0 atom stereocenters. The van der Waals surface area contributed by atoms with E-state index in [1.54, 1.807) is 30.3 Å². The second-order valence-corrected chi connectivity index (χ2v) is 6.37. The molecule has 0 fully saturated rings. The minimum atomic E-state index is -1.08. The third-order valence-electron chi connectivity index (χ3n) is 4.38. The van der Waals surface area contributed by atoms with Gasteiger partial charge >= 0.3 is 5.97 Å². The van der Waals surface area contributed by atoms with Gasteiger partial charge in [-0.3, -0.25) is 4.79 Å². The van der Waals surface area contributed by atoms with Gasteiger partial charge in [-0.2, -0.15) is 0 Å². The van der Waals surface area contributed by atoms with E-state index in [-0.39, 0.29) is 17.2 Å². The summed E-state index contributed by atoms with van der Waals surface area (Å²) in [6.45, 7) is 0.727. The summed E-state index contributed by atoms with van der Waals surface area (Å²) < 4.78 is 0. The molecule has 0 aliphatic rings. The van der Waals surface area contributed by atoms with E-state index >= 15 is 0 Å². The summed E-state index contributed by atoms with van der Waals surface area (Å²) >= 11 is 0. The van der Waals surface area contributed by atoms with Gasteiger partial charge in [0.25, 0.3) is 5.91 Å². The molecular weight excluding hydrogens is 352 g/mol. The minimum absolute atomic E-state index is 0.0594. The number of rotatable bonds is 8. The van der Waals surface area contributed by atoms with E-state index < -0.39 is 5.97 Å². The maximum absolute atomic E-state index is 12.7. The standard InChI is InChI=1S/C23H22N2O3/c26-22(25-21-15-7-5-13-19(21)23(27)28)18-12-4-6-14-20(18)24-16-8-11-17-9-2-1-3-10-17/h1-7,9-10,12-15,24H,8,11,16H2,(H,25,26)(H,27,28). The minimum Gasteiger partial charge on any atom is -0.478 e. The fourth-order valence-electron chi connectivity index (χ4n) is 2.96. The molecule has 0 unspecified atom stereocenters. The van der Waals surface area contributed by atoms with Crippen LogP contribution >= 0.6 is 0 Å². The van der Waals surface area contributed by atoms with Crippen LogP contribution in [0, 0.1) is 0 Å². The van der Waals surface area contributed by atoms with Crippen molar-refractivity contribution in [2.45, 2.75) is 12.8 Å². The van der Waals surface area contributed by atoms with Crippen molar-refractivity contribution < 1.29 is 14.7 Å². The van der Waals surface area contributed by atoms with Gasteiger partial charge in [0, 0.05) is 12.2 Å². The third-order valence-corrected chi connectivity index (χ3v) is 4.38. The highest BCUT2D eigenvalue weighted by atomic mass is 16.4. The number of benzene rings is 3. The zero-order valence-electron chi connectivity index (χ0n) is 15.4. The van der Waals surface area contributed by atoms with Gasteiger partial charge in [-0.25, -0.2) is 4.79 Å². The fraction of sp³-hybridized carbons (Fsp3) is 0.130. The number of hydrogen-bond donors (Lipinski definition) is 3. The molecule has 142 valence electrons. The van der Waals surface area contributed by atoms with Crippen LogP contribution in [-0.4, -0.2) is 23.5 Å². The van der Waals surface area contributed by atoms with Crippen molar-refractivity contribution in [3.8, 4) is 0 Å². The summed E-state index contributed by atoms with van der Waals surface area (Å²) in [5.41, 5.74) is 2.81. The van der Waals surface area contributed by atoms with Crippen LogP contribution in [-0.2, 0) is 6.42 Å². The Morgan fingerprint density at radius 3 is 2.07 bits per heavy atom. The lowest BCUT2D eigenvalue weighted by molar-refractivity contribution is 0.0698. The number of carboxylic acids is 1. The zero-order valence-corrected chi connectivity index (χ0v) is 15.4. The molecule has 5 nitrogen and oxygen atoms in total. The number of anilines is 2. The van der Waals surface area contributed by atoms with Crippen molar-refractivity contribution in [1.82, 2.24) is 0 Å². The maximum Gasteiger partial charge on any atom is 0.337 e. The second kappa shape index (κ2) is 9.37. The molecule has 0 saturated carbocycles. The topological polar surface area (TPSA) is 78.4 Å². The van der Waals surface area contributed by atoms with Crippen molar-refractivity contribution in [2.75, 3.05) is 17.2 Å². The number of aromatic carboxylic acids is 1. The number of nitrogens with one attached hydrogen (secondary N) is 2. The molecule has 3 aromatic rings. The van der Waals surface area contributed by atoms with Crippen molar-refractivity contribution in [3.63, 3.8) is 0 Å². The van der Waals surface area contributed by atoms with Crippen LogP contribution in [0.15, 0.2) is 78.9 Å². The summed E-state index contributed by atoms with van der Waals surface area (Å²) in [6.07, 6.45) is 1.88. The van der Waals surface area contributed by atoms with Crippen LogP contribution in [0.5, 0.6) is 0 Å². The molecule has 0 aliphatic carbocycles. The van der Waals surface area contributed by atoms with Crippen molar-refractivity contribution in [1.29, 1.82) is 0 Å². The van der Waals surface area contributed by atoms with Gasteiger partial charge in [-0.1, -0.05) is 54.6 Å². The van der Waals surface area contributed by atoms with Gasteiger partial charge in [0.2, 0.25) is 0 Å². The first-order valence-corrected chi connectivity index (χ1v) is 9.15. The Balaban J connectivity index is 1.64. The Hall–Kier alpha value is -3.60. The van der Waals surface area contributed by atoms with E-state index in [1.165, 1.54) is 11.6 Å².